The maximum Gasteiger partial charge on any atom is 0.292 e. The van der Waals surface area contributed by atoms with Crippen molar-refractivity contribution in [2.45, 2.75) is 32.2 Å². The molecule has 1 aliphatic carbocycles. The normalized spacial score (nSPS) is 17.1. The molecule has 1 unspecified atom stereocenters. The van der Waals surface area contributed by atoms with Gasteiger partial charge in [0.15, 0.2) is 0 Å². The van der Waals surface area contributed by atoms with E-state index in [9.17, 15) is 10.1 Å². The van der Waals surface area contributed by atoms with Crippen molar-refractivity contribution >= 4 is 11.4 Å². The van der Waals surface area contributed by atoms with E-state index in [0.717, 1.165) is 30.5 Å². The van der Waals surface area contributed by atoms with Gasteiger partial charge in [-0.1, -0.05) is 12.1 Å². The van der Waals surface area contributed by atoms with Gasteiger partial charge in [0.1, 0.15) is 5.69 Å². The fraction of sp³-hybridized carbons (Fsp3) is 0.312. The molecule has 108 valence electrons. The zero-order valence-electron chi connectivity index (χ0n) is 11.9. The van der Waals surface area contributed by atoms with Crippen molar-refractivity contribution in [2.24, 2.45) is 0 Å². The van der Waals surface area contributed by atoms with Gasteiger partial charge in [-0.2, -0.15) is 0 Å². The summed E-state index contributed by atoms with van der Waals surface area (Å²) in [5.41, 5.74) is 3.82. The Hall–Kier alpha value is -2.43. The zero-order chi connectivity index (χ0) is 14.8. The molecule has 0 spiro atoms. The fourth-order valence-electron chi connectivity index (χ4n) is 2.85. The van der Waals surface area contributed by atoms with Crippen LogP contribution in [-0.2, 0) is 6.42 Å². The van der Waals surface area contributed by atoms with Gasteiger partial charge in [-0.25, -0.2) is 0 Å². The van der Waals surface area contributed by atoms with E-state index in [1.54, 1.807) is 18.3 Å². The van der Waals surface area contributed by atoms with Crippen molar-refractivity contribution in [3.05, 3.63) is 63.5 Å². The van der Waals surface area contributed by atoms with Crippen LogP contribution < -0.4 is 5.32 Å². The molecular formula is C16H17N3O2. The van der Waals surface area contributed by atoms with Gasteiger partial charge in [0.05, 0.1) is 16.7 Å². The van der Waals surface area contributed by atoms with E-state index in [4.69, 9.17) is 0 Å². The van der Waals surface area contributed by atoms with E-state index in [1.807, 2.05) is 19.1 Å². The molecule has 0 amide bonds. The Morgan fingerprint density at radius 3 is 3.05 bits per heavy atom. The highest BCUT2D eigenvalue weighted by atomic mass is 16.6. The van der Waals surface area contributed by atoms with Gasteiger partial charge in [-0.3, -0.25) is 15.1 Å². The number of pyridine rings is 1. The molecule has 5 heteroatoms. The summed E-state index contributed by atoms with van der Waals surface area (Å²) in [6.07, 6.45) is 4.81. The molecule has 1 aliphatic rings. The molecule has 0 fully saturated rings. The molecule has 1 aromatic heterocycles. The second-order valence-electron chi connectivity index (χ2n) is 5.41. The monoisotopic (exact) mass is 283 g/mol. The number of nitrogens with zero attached hydrogens (tertiary/aromatic N) is 2. The Balaban J connectivity index is 1.93. The Bertz CT molecular complexity index is 685. The second kappa shape index (κ2) is 5.52. The Morgan fingerprint density at radius 1 is 1.38 bits per heavy atom. The number of nitro benzene ring substituents is 1. The largest absolute Gasteiger partial charge is 0.371 e. The number of rotatable bonds is 3. The third kappa shape index (κ3) is 2.72. The van der Waals surface area contributed by atoms with Crippen LogP contribution in [0.5, 0.6) is 0 Å². The van der Waals surface area contributed by atoms with Crippen LogP contribution in [0, 0.1) is 17.0 Å². The van der Waals surface area contributed by atoms with Gasteiger partial charge < -0.3 is 5.32 Å². The summed E-state index contributed by atoms with van der Waals surface area (Å²) in [7, 11) is 0. The van der Waals surface area contributed by atoms with E-state index >= 15 is 0 Å². The number of benzene rings is 1. The van der Waals surface area contributed by atoms with Crippen LogP contribution in [0.2, 0.25) is 0 Å². The molecule has 1 atom stereocenters. The first-order valence-electron chi connectivity index (χ1n) is 7.10. The summed E-state index contributed by atoms with van der Waals surface area (Å²) in [5.74, 6) is 0. The molecule has 0 bridgehead atoms. The minimum Gasteiger partial charge on any atom is -0.371 e. The summed E-state index contributed by atoms with van der Waals surface area (Å²) in [4.78, 5) is 15.3. The van der Waals surface area contributed by atoms with Gasteiger partial charge in [-0.05, 0) is 49.4 Å². The topological polar surface area (TPSA) is 68.1 Å². The predicted molar refractivity (Wildman–Crippen MR) is 81.4 cm³/mol. The average molecular weight is 283 g/mol. The Kier molecular flexibility index (Phi) is 3.56. The first-order valence-corrected chi connectivity index (χ1v) is 7.10. The first-order chi connectivity index (χ1) is 10.1. The third-order valence-electron chi connectivity index (χ3n) is 3.87. The number of hydrogen-bond donors (Lipinski definition) is 1. The Labute approximate surface area is 123 Å². The maximum absolute atomic E-state index is 11.2. The van der Waals surface area contributed by atoms with E-state index in [1.165, 1.54) is 5.56 Å². The average Bonchev–Trinajstić information content (AvgIpc) is 2.49. The van der Waals surface area contributed by atoms with Crippen molar-refractivity contribution in [1.29, 1.82) is 0 Å². The molecule has 5 nitrogen and oxygen atoms in total. The maximum atomic E-state index is 11.2. The minimum atomic E-state index is -0.336. The van der Waals surface area contributed by atoms with Gasteiger partial charge in [0.25, 0.3) is 5.69 Å². The van der Waals surface area contributed by atoms with Crippen LogP contribution in [0.3, 0.4) is 0 Å². The number of aromatic nitrogens is 1. The van der Waals surface area contributed by atoms with Crippen molar-refractivity contribution in [2.75, 3.05) is 5.32 Å². The van der Waals surface area contributed by atoms with Crippen LogP contribution in [0.1, 0.15) is 35.7 Å². The van der Waals surface area contributed by atoms with Gasteiger partial charge >= 0.3 is 0 Å². The highest BCUT2D eigenvalue weighted by Gasteiger charge is 2.24. The standard InChI is InChI=1S/C16H17N3O2/c1-11-7-8-13(15(10-11)19(20)21)18-14-6-2-4-12-5-3-9-17-16(12)14/h3,5,7-10,14,18H,2,4,6H2,1H3. The molecule has 0 aliphatic heterocycles. The zero-order valence-corrected chi connectivity index (χ0v) is 11.9. The van der Waals surface area contributed by atoms with Crippen LogP contribution in [0.25, 0.3) is 0 Å². The SMILES string of the molecule is Cc1ccc(NC2CCCc3cccnc32)c([N+](=O)[O-])c1. The summed E-state index contributed by atoms with van der Waals surface area (Å²) in [6, 6.07) is 9.33. The third-order valence-corrected chi connectivity index (χ3v) is 3.87. The number of nitro groups is 1. The first kappa shape index (κ1) is 13.5. The lowest BCUT2D eigenvalue weighted by atomic mass is 9.91. The summed E-state index contributed by atoms with van der Waals surface area (Å²) < 4.78 is 0. The second-order valence-corrected chi connectivity index (χ2v) is 5.41. The van der Waals surface area contributed by atoms with Crippen molar-refractivity contribution in [3.63, 3.8) is 0 Å². The van der Waals surface area contributed by atoms with Crippen LogP contribution in [-0.4, -0.2) is 9.91 Å². The lowest BCUT2D eigenvalue weighted by Crippen LogP contribution is -2.19. The number of hydrogen-bond acceptors (Lipinski definition) is 4. The van der Waals surface area contributed by atoms with Gasteiger partial charge in [0.2, 0.25) is 0 Å². The number of fused-ring (bicyclic) bond motifs is 1. The van der Waals surface area contributed by atoms with E-state index in [-0.39, 0.29) is 16.7 Å². The molecular weight excluding hydrogens is 266 g/mol. The van der Waals surface area contributed by atoms with E-state index in [2.05, 4.69) is 16.4 Å². The lowest BCUT2D eigenvalue weighted by molar-refractivity contribution is -0.384. The highest BCUT2D eigenvalue weighted by Crippen LogP contribution is 2.34. The number of anilines is 1. The van der Waals surface area contributed by atoms with Gasteiger partial charge in [0, 0.05) is 12.3 Å². The van der Waals surface area contributed by atoms with Crippen LogP contribution in [0.15, 0.2) is 36.5 Å². The number of aryl methyl sites for hydroxylation is 2. The molecule has 21 heavy (non-hydrogen) atoms. The summed E-state index contributed by atoms with van der Waals surface area (Å²) >= 11 is 0. The van der Waals surface area contributed by atoms with E-state index < -0.39 is 0 Å². The Morgan fingerprint density at radius 2 is 2.24 bits per heavy atom. The minimum absolute atomic E-state index is 0.0383. The summed E-state index contributed by atoms with van der Waals surface area (Å²) in [5, 5.41) is 14.5. The summed E-state index contributed by atoms with van der Waals surface area (Å²) in [6.45, 7) is 1.86. The molecule has 0 saturated carbocycles. The van der Waals surface area contributed by atoms with Crippen LogP contribution in [0.4, 0.5) is 11.4 Å². The molecule has 0 saturated heterocycles. The van der Waals surface area contributed by atoms with Crippen molar-refractivity contribution < 1.29 is 4.92 Å². The molecule has 3 rings (SSSR count). The molecule has 1 heterocycles. The van der Waals surface area contributed by atoms with Crippen molar-refractivity contribution in [3.8, 4) is 0 Å². The lowest BCUT2D eigenvalue weighted by Gasteiger charge is -2.25. The number of nitrogens with one attached hydrogen (secondary N) is 1. The smallest absolute Gasteiger partial charge is 0.292 e. The molecule has 0 radical (unpaired) electrons. The van der Waals surface area contributed by atoms with Crippen molar-refractivity contribution in [1.82, 2.24) is 4.98 Å². The highest BCUT2D eigenvalue weighted by molar-refractivity contribution is 5.63. The molecule has 1 aromatic carbocycles. The van der Waals surface area contributed by atoms with Crippen LogP contribution >= 0.6 is 0 Å². The molecule has 2 aromatic rings. The quantitative estimate of drug-likeness (QED) is 0.687. The molecule has 1 N–H and O–H groups in total. The van der Waals surface area contributed by atoms with Gasteiger partial charge in [-0.15, -0.1) is 0 Å². The fourth-order valence-corrected chi connectivity index (χ4v) is 2.85. The predicted octanol–water partition coefficient (Wildman–Crippen LogP) is 3.79. The van der Waals surface area contributed by atoms with E-state index in [0.29, 0.717) is 5.69 Å².